The summed E-state index contributed by atoms with van der Waals surface area (Å²) in [4.78, 5) is 45.9. The lowest BCUT2D eigenvalue weighted by molar-refractivity contribution is -0.136. The van der Waals surface area contributed by atoms with Gasteiger partial charge in [-0.1, -0.05) is 24.3 Å². The standard InChI is InChI=1S/C45H47F2N5O5/c1-27-20-29(2-8-37(27)46)36-26-57-41-23-33(53)5-7-35(41)43(36)30-3-9-39(38(47)22-30)51-14-12-28(13-15-51)24-49-16-18-50(19-17-49)32-4-6-34-31(21-32)25-52(45(34)56)40-10-11-42(54)48-44(40)55/h2-9,20-23,28,36,40,43,53H,10-19,24-26H2,1H3,(H,48,54,55)/t36-,40-,43-/m0/s1. The number of aromatic hydroxyl groups is 1. The van der Waals surface area contributed by atoms with Crippen LogP contribution in [0.15, 0.2) is 72.8 Å². The highest BCUT2D eigenvalue weighted by molar-refractivity contribution is 6.05. The zero-order valence-corrected chi connectivity index (χ0v) is 32.1. The van der Waals surface area contributed by atoms with Gasteiger partial charge in [-0.15, -0.1) is 0 Å². The number of carbonyl (C=O) groups excluding carboxylic acids is 3. The number of phenols is 1. The normalized spacial score (nSPS) is 23.0. The third-order valence-corrected chi connectivity index (χ3v) is 12.8. The number of aryl methyl sites for hydroxylation is 1. The molecule has 57 heavy (non-hydrogen) atoms. The zero-order chi connectivity index (χ0) is 39.4. The Labute approximate surface area is 331 Å². The van der Waals surface area contributed by atoms with Crippen LogP contribution in [-0.2, 0) is 16.1 Å². The lowest BCUT2D eigenvalue weighted by atomic mass is 9.75. The van der Waals surface area contributed by atoms with Gasteiger partial charge in [0.25, 0.3) is 5.91 Å². The van der Waals surface area contributed by atoms with Crippen LogP contribution in [-0.4, -0.2) is 91.1 Å². The highest BCUT2D eigenvalue weighted by Gasteiger charge is 2.40. The first-order valence-corrected chi connectivity index (χ1v) is 20.1. The number of phenolic OH excluding ortho intramolecular Hbond substituents is 1. The summed E-state index contributed by atoms with van der Waals surface area (Å²) in [5.41, 5.74) is 6.38. The zero-order valence-electron chi connectivity index (χ0n) is 32.1. The van der Waals surface area contributed by atoms with Gasteiger partial charge in [0.2, 0.25) is 11.8 Å². The molecule has 3 atom stereocenters. The van der Waals surface area contributed by atoms with Crippen molar-refractivity contribution in [2.75, 3.05) is 62.2 Å². The molecule has 9 rings (SSSR count). The first-order valence-electron chi connectivity index (χ1n) is 20.1. The van der Waals surface area contributed by atoms with Crippen LogP contribution in [0.4, 0.5) is 20.2 Å². The topological polar surface area (TPSA) is 106 Å². The number of nitrogens with zero attached hydrogens (tertiary/aromatic N) is 4. The molecule has 5 heterocycles. The second-order valence-corrected chi connectivity index (χ2v) is 16.3. The number of hydrogen-bond acceptors (Lipinski definition) is 8. The number of nitrogens with one attached hydrogen (secondary N) is 1. The van der Waals surface area contributed by atoms with E-state index >= 15 is 4.39 Å². The van der Waals surface area contributed by atoms with Gasteiger partial charge in [-0.25, -0.2) is 8.78 Å². The Morgan fingerprint density at radius 3 is 2.35 bits per heavy atom. The average molecular weight is 776 g/mol. The molecule has 0 spiro atoms. The minimum atomic E-state index is -0.618. The third-order valence-electron chi connectivity index (χ3n) is 12.8. The number of rotatable bonds is 7. The highest BCUT2D eigenvalue weighted by Crippen LogP contribution is 2.48. The summed E-state index contributed by atoms with van der Waals surface area (Å²) in [5.74, 6) is -0.579. The predicted molar refractivity (Wildman–Crippen MR) is 212 cm³/mol. The fraction of sp³-hybridized carbons (Fsp3) is 0.400. The molecule has 3 saturated heterocycles. The molecule has 12 heteroatoms. The van der Waals surface area contributed by atoms with E-state index in [4.69, 9.17) is 4.74 Å². The number of hydrogen-bond donors (Lipinski definition) is 2. The SMILES string of the molecule is Cc1cc([C@@H]2COc3cc(O)ccc3[C@@H]2c2ccc(N3CCC(CN4CCN(c5ccc6c(c5)CN([C@H]5CCC(=O)NC5=O)C6=O)CC4)CC3)c(F)c2)ccc1F. The number of fused-ring (bicyclic) bond motifs is 2. The van der Waals surface area contributed by atoms with E-state index in [1.807, 2.05) is 36.4 Å². The van der Waals surface area contributed by atoms with Crippen LogP contribution >= 0.6 is 0 Å². The minimum absolute atomic E-state index is 0.105. The van der Waals surface area contributed by atoms with Gasteiger partial charge >= 0.3 is 0 Å². The number of halogens is 2. The van der Waals surface area contributed by atoms with Gasteiger partial charge in [-0.05, 0) is 96.8 Å². The molecule has 5 aliphatic rings. The molecule has 3 fully saturated rings. The summed E-state index contributed by atoms with van der Waals surface area (Å²) in [6.45, 7) is 8.61. The Balaban J connectivity index is 0.803. The molecular formula is C45H47F2N5O5. The van der Waals surface area contributed by atoms with Crippen LogP contribution in [0.1, 0.15) is 75.7 Å². The third kappa shape index (κ3) is 7.20. The monoisotopic (exact) mass is 775 g/mol. The van der Waals surface area contributed by atoms with Crippen molar-refractivity contribution in [3.63, 3.8) is 0 Å². The lowest BCUT2D eigenvalue weighted by Crippen LogP contribution is -2.52. The number of carbonyl (C=O) groups is 3. The Hall–Kier alpha value is -5.49. The van der Waals surface area contributed by atoms with Gasteiger partial charge in [-0.2, -0.15) is 0 Å². The number of anilines is 2. The molecule has 4 aromatic rings. The Morgan fingerprint density at radius 2 is 1.60 bits per heavy atom. The van der Waals surface area contributed by atoms with Crippen molar-refractivity contribution in [1.29, 1.82) is 0 Å². The van der Waals surface area contributed by atoms with Gasteiger partial charge in [0, 0.05) is 93.5 Å². The minimum Gasteiger partial charge on any atom is -0.508 e. The summed E-state index contributed by atoms with van der Waals surface area (Å²) in [5, 5.41) is 12.5. The Kier molecular flexibility index (Phi) is 9.84. The van der Waals surface area contributed by atoms with Crippen LogP contribution in [0.25, 0.3) is 0 Å². The molecule has 4 aromatic carbocycles. The number of benzene rings is 4. The molecule has 0 saturated carbocycles. The summed E-state index contributed by atoms with van der Waals surface area (Å²) in [6.07, 6.45) is 2.55. The molecule has 2 N–H and O–H groups in total. The second kappa shape index (κ2) is 15.1. The van der Waals surface area contributed by atoms with Crippen molar-refractivity contribution in [2.45, 2.75) is 57.0 Å². The maximum absolute atomic E-state index is 16.1. The smallest absolute Gasteiger partial charge is 0.255 e. The van der Waals surface area contributed by atoms with Crippen molar-refractivity contribution in [1.82, 2.24) is 15.1 Å². The number of piperidine rings is 2. The maximum atomic E-state index is 16.1. The molecule has 296 valence electrons. The van der Waals surface area contributed by atoms with Gasteiger partial charge in [0.05, 0.1) is 12.3 Å². The number of ether oxygens (including phenoxy) is 1. The van der Waals surface area contributed by atoms with E-state index in [9.17, 15) is 23.9 Å². The highest BCUT2D eigenvalue weighted by atomic mass is 19.1. The molecule has 10 nitrogen and oxygen atoms in total. The second-order valence-electron chi connectivity index (χ2n) is 16.3. The maximum Gasteiger partial charge on any atom is 0.255 e. The van der Waals surface area contributed by atoms with Gasteiger partial charge in [0.15, 0.2) is 0 Å². The average Bonchev–Trinajstić information content (AvgIpc) is 3.53. The van der Waals surface area contributed by atoms with Crippen molar-refractivity contribution in [3.8, 4) is 11.5 Å². The molecule has 3 amide bonds. The van der Waals surface area contributed by atoms with Gasteiger partial charge < -0.3 is 24.5 Å². The number of piperazine rings is 1. The van der Waals surface area contributed by atoms with Crippen molar-refractivity contribution in [2.24, 2.45) is 5.92 Å². The number of amides is 3. The van der Waals surface area contributed by atoms with Crippen LogP contribution < -0.4 is 19.9 Å². The summed E-state index contributed by atoms with van der Waals surface area (Å²) in [6, 6.07) is 21.0. The van der Waals surface area contributed by atoms with Crippen LogP contribution in [0.3, 0.4) is 0 Å². The Bertz CT molecular complexity index is 2230. The molecule has 0 aromatic heterocycles. The van der Waals surface area contributed by atoms with E-state index in [1.54, 1.807) is 36.1 Å². The fourth-order valence-electron chi connectivity index (χ4n) is 9.64. The summed E-state index contributed by atoms with van der Waals surface area (Å²) in [7, 11) is 0. The lowest BCUT2D eigenvalue weighted by Gasteiger charge is -2.40. The van der Waals surface area contributed by atoms with E-state index in [0.29, 0.717) is 48.1 Å². The van der Waals surface area contributed by atoms with E-state index in [0.717, 1.165) is 86.6 Å². The first-order chi connectivity index (χ1) is 27.6. The number of imide groups is 1. The van der Waals surface area contributed by atoms with Gasteiger partial charge in [0.1, 0.15) is 29.2 Å². The van der Waals surface area contributed by atoms with Crippen LogP contribution in [0.2, 0.25) is 0 Å². The molecule has 5 aliphatic heterocycles. The van der Waals surface area contributed by atoms with E-state index in [2.05, 4.69) is 26.1 Å². The first kappa shape index (κ1) is 37.1. The summed E-state index contributed by atoms with van der Waals surface area (Å²) < 4.78 is 36.4. The van der Waals surface area contributed by atoms with Crippen LogP contribution in [0.5, 0.6) is 11.5 Å². The predicted octanol–water partition coefficient (Wildman–Crippen LogP) is 6.09. The molecule has 0 radical (unpaired) electrons. The van der Waals surface area contributed by atoms with Crippen molar-refractivity contribution in [3.05, 3.63) is 118 Å². The molecule has 0 bridgehead atoms. The summed E-state index contributed by atoms with van der Waals surface area (Å²) >= 11 is 0. The largest absolute Gasteiger partial charge is 0.508 e. The van der Waals surface area contributed by atoms with Gasteiger partial charge in [-0.3, -0.25) is 24.6 Å². The van der Waals surface area contributed by atoms with E-state index in [1.165, 1.54) is 6.07 Å². The molecule has 0 aliphatic carbocycles. The van der Waals surface area contributed by atoms with E-state index in [-0.39, 0.29) is 47.5 Å². The van der Waals surface area contributed by atoms with E-state index < -0.39 is 11.9 Å². The molecular weight excluding hydrogens is 729 g/mol. The fourth-order valence-corrected chi connectivity index (χ4v) is 9.64. The van der Waals surface area contributed by atoms with Crippen molar-refractivity contribution >= 4 is 29.1 Å². The molecule has 0 unspecified atom stereocenters. The van der Waals surface area contributed by atoms with Crippen LogP contribution in [0, 0.1) is 24.5 Å². The Morgan fingerprint density at radius 1 is 0.807 bits per heavy atom. The van der Waals surface area contributed by atoms with Crippen molar-refractivity contribution < 1.29 is 33.0 Å². The quantitative estimate of drug-likeness (QED) is 0.218.